The zero-order chi connectivity index (χ0) is 9.07. The highest BCUT2D eigenvalue weighted by molar-refractivity contribution is 7.99. The molecule has 0 aromatic rings. The molecule has 4 heteroatoms. The van der Waals surface area contributed by atoms with Crippen LogP contribution in [-0.4, -0.2) is 37.2 Å². The Morgan fingerprint density at radius 3 is 2.42 bits per heavy atom. The van der Waals surface area contributed by atoms with Crippen LogP contribution in [0.4, 0.5) is 0 Å². The van der Waals surface area contributed by atoms with Gasteiger partial charge >= 0.3 is 0 Å². The summed E-state index contributed by atoms with van der Waals surface area (Å²) >= 11 is 1.75. The molecule has 0 rings (SSSR count). The summed E-state index contributed by atoms with van der Waals surface area (Å²) in [4.78, 5) is 19.8. The van der Waals surface area contributed by atoms with Crippen molar-refractivity contribution in [1.82, 2.24) is 5.32 Å². The summed E-state index contributed by atoms with van der Waals surface area (Å²) in [7, 11) is 0. The van der Waals surface area contributed by atoms with Crippen LogP contribution in [0.1, 0.15) is 12.8 Å². The average Bonchev–Trinajstić information content (AvgIpc) is 2.10. The lowest BCUT2D eigenvalue weighted by atomic mass is 10.5. The fourth-order valence-electron chi connectivity index (χ4n) is 0.664. The number of thioether (sulfide) groups is 1. The van der Waals surface area contributed by atoms with Gasteiger partial charge in [-0.1, -0.05) is 0 Å². The molecule has 0 radical (unpaired) electrons. The monoisotopic (exact) mass is 189 g/mol. The van der Waals surface area contributed by atoms with Gasteiger partial charge in [0.1, 0.15) is 12.6 Å². The molecule has 0 spiro atoms. The Hall–Kier alpha value is -0.350. The Kier molecular flexibility index (Phi) is 10.3. The van der Waals surface area contributed by atoms with Crippen LogP contribution < -0.4 is 5.32 Å². The van der Waals surface area contributed by atoms with Crippen LogP contribution in [0, 0.1) is 0 Å². The van der Waals surface area contributed by atoms with E-state index in [0.29, 0.717) is 12.8 Å². The first kappa shape index (κ1) is 11.6. The Bertz CT molecular complexity index is 106. The number of aldehydes is 2. The average molecular weight is 189 g/mol. The number of rotatable bonds is 9. The van der Waals surface area contributed by atoms with Crippen LogP contribution in [-0.2, 0) is 9.59 Å². The van der Waals surface area contributed by atoms with Gasteiger partial charge in [0.25, 0.3) is 0 Å². The Labute approximate surface area is 77.3 Å². The van der Waals surface area contributed by atoms with Gasteiger partial charge < -0.3 is 14.9 Å². The maximum absolute atomic E-state index is 9.91. The lowest BCUT2D eigenvalue weighted by Gasteiger charge is -2.00. The Morgan fingerprint density at radius 2 is 1.75 bits per heavy atom. The molecule has 0 fully saturated rings. The van der Waals surface area contributed by atoms with Crippen LogP contribution in [0.3, 0.4) is 0 Å². The molecule has 0 saturated carbocycles. The predicted octanol–water partition coefficient (Wildman–Crippen LogP) is 0.487. The van der Waals surface area contributed by atoms with Crippen molar-refractivity contribution < 1.29 is 9.59 Å². The van der Waals surface area contributed by atoms with Crippen molar-refractivity contribution >= 4 is 24.3 Å². The number of nitrogens with one attached hydrogen (secondary N) is 1. The molecule has 3 nitrogen and oxygen atoms in total. The first-order valence-electron chi connectivity index (χ1n) is 4.07. The van der Waals surface area contributed by atoms with E-state index in [1.54, 1.807) is 11.8 Å². The van der Waals surface area contributed by atoms with Crippen LogP contribution >= 0.6 is 11.8 Å². The molecule has 0 heterocycles. The van der Waals surface area contributed by atoms with Gasteiger partial charge in [0.15, 0.2) is 0 Å². The van der Waals surface area contributed by atoms with E-state index in [0.717, 1.165) is 37.2 Å². The Morgan fingerprint density at radius 1 is 1.00 bits per heavy atom. The van der Waals surface area contributed by atoms with Crippen molar-refractivity contribution in [3.63, 3.8) is 0 Å². The van der Waals surface area contributed by atoms with Gasteiger partial charge in [-0.3, -0.25) is 0 Å². The minimum atomic E-state index is 0.582. The maximum atomic E-state index is 9.91. The topological polar surface area (TPSA) is 46.2 Å². The third-order valence-corrected chi connectivity index (χ3v) is 2.26. The fraction of sp³-hybridized carbons (Fsp3) is 0.750. The molecule has 1 N–H and O–H groups in total. The van der Waals surface area contributed by atoms with E-state index in [9.17, 15) is 9.59 Å². The summed E-state index contributed by atoms with van der Waals surface area (Å²) in [6, 6.07) is 0. The SMILES string of the molecule is O=CCCNCCSCCC=O. The summed E-state index contributed by atoms with van der Waals surface area (Å²) < 4.78 is 0. The first-order valence-corrected chi connectivity index (χ1v) is 5.23. The summed E-state index contributed by atoms with van der Waals surface area (Å²) in [6.45, 7) is 1.68. The van der Waals surface area contributed by atoms with E-state index in [-0.39, 0.29) is 0 Å². The largest absolute Gasteiger partial charge is 0.315 e. The van der Waals surface area contributed by atoms with E-state index in [2.05, 4.69) is 5.32 Å². The standard InChI is InChI=1S/C8H15NO2S/c10-5-1-3-9-4-8-12-7-2-6-11/h5-6,9H,1-4,7-8H2. The van der Waals surface area contributed by atoms with Gasteiger partial charge in [-0.15, -0.1) is 0 Å². The maximum Gasteiger partial charge on any atom is 0.121 e. The van der Waals surface area contributed by atoms with Crippen molar-refractivity contribution in [2.45, 2.75) is 12.8 Å². The van der Waals surface area contributed by atoms with Gasteiger partial charge in [0.2, 0.25) is 0 Å². The molecule has 0 bridgehead atoms. The number of carbonyl (C=O) groups is 2. The normalized spacial score (nSPS) is 9.67. The zero-order valence-electron chi connectivity index (χ0n) is 7.12. The molecular formula is C8H15NO2S. The van der Waals surface area contributed by atoms with Gasteiger partial charge in [-0.25, -0.2) is 0 Å². The van der Waals surface area contributed by atoms with E-state index < -0.39 is 0 Å². The third kappa shape index (κ3) is 9.65. The van der Waals surface area contributed by atoms with Crippen LogP contribution in [0.5, 0.6) is 0 Å². The first-order chi connectivity index (χ1) is 5.91. The second-order valence-corrected chi connectivity index (χ2v) is 3.50. The quantitative estimate of drug-likeness (QED) is 0.423. The van der Waals surface area contributed by atoms with E-state index in [4.69, 9.17) is 0 Å². The summed E-state index contributed by atoms with van der Waals surface area (Å²) in [5, 5.41) is 3.12. The van der Waals surface area contributed by atoms with Crippen molar-refractivity contribution in [3.8, 4) is 0 Å². The van der Waals surface area contributed by atoms with Crippen LogP contribution in [0.25, 0.3) is 0 Å². The molecule has 0 aliphatic heterocycles. The Balaban J connectivity index is 2.81. The molecule has 0 amide bonds. The lowest BCUT2D eigenvalue weighted by Crippen LogP contribution is -2.18. The van der Waals surface area contributed by atoms with Gasteiger partial charge in [-0.2, -0.15) is 11.8 Å². The summed E-state index contributed by atoms with van der Waals surface area (Å²) in [6.07, 6.45) is 3.07. The summed E-state index contributed by atoms with van der Waals surface area (Å²) in [5.41, 5.74) is 0. The second-order valence-electron chi connectivity index (χ2n) is 2.27. The highest BCUT2D eigenvalue weighted by atomic mass is 32.2. The molecule has 0 unspecified atom stereocenters. The summed E-state index contributed by atoms with van der Waals surface area (Å²) in [5.74, 6) is 1.91. The van der Waals surface area contributed by atoms with Crippen molar-refractivity contribution in [3.05, 3.63) is 0 Å². The molecule has 0 aliphatic carbocycles. The third-order valence-electron chi connectivity index (χ3n) is 1.24. The van der Waals surface area contributed by atoms with E-state index in [1.165, 1.54) is 0 Å². The van der Waals surface area contributed by atoms with E-state index >= 15 is 0 Å². The molecule has 70 valence electrons. The molecule has 0 aromatic carbocycles. The fourth-order valence-corrected chi connectivity index (χ4v) is 1.42. The molecule has 12 heavy (non-hydrogen) atoms. The van der Waals surface area contributed by atoms with Crippen molar-refractivity contribution in [2.75, 3.05) is 24.6 Å². The number of carbonyl (C=O) groups excluding carboxylic acids is 2. The lowest BCUT2D eigenvalue weighted by molar-refractivity contribution is -0.108. The van der Waals surface area contributed by atoms with Gasteiger partial charge in [-0.05, 0) is 5.75 Å². The van der Waals surface area contributed by atoms with Gasteiger partial charge in [0.05, 0.1) is 0 Å². The molecular weight excluding hydrogens is 174 g/mol. The molecule has 0 atom stereocenters. The molecule has 0 saturated heterocycles. The zero-order valence-corrected chi connectivity index (χ0v) is 7.94. The number of hydrogen-bond acceptors (Lipinski definition) is 4. The van der Waals surface area contributed by atoms with Crippen molar-refractivity contribution in [1.29, 1.82) is 0 Å². The highest BCUT2D eigenvalue weighted by Crippen LogP contribution is 1.98. The second kappa shape index (κ2) is 10.7. The minimum Gasteiger partial charge on any atom is -0.315 e. The smallest absolute Gasteiger partial charge is 0.121 e. The number of hydrogen-bond donors (Lipinski definition) is 1. The minimum absolute atomic E-state index is 0.582. The predicted molar refractivity (Wildman–Crippen MR) is 51.6 cm³/mol. The highest BCUT2D eigenvalue weighted by Gasteiger charge is 1.88. The van der Waals surface area contributed by atoms with E-state index in [1.807, 2.05) is 0 Å². The van der Waals surface area contributed by atoms with Gasteiger partial charge in [0, 0.05) is 31.7 Å². The van der Waals surface area contributed by atoms with Crippen LogP contribution in [0.15, 0.2) is 0 Å². The van der Waals surface area contributed by atoms with Crippen molar-refractivity contribution in [2.24, 2.45) is 0 Å². The molecule has 0 aliphatic rings. The van der Waals surface area contributed by atoms with Crippen LogP contribution in [0.2, 0.25) is 0 Å². The molecule has 0 aromatic heterocycles.